The minimum absolute atomic E-state index is 0.133. The van der Waals surface area contributed by atoms with E-state index < -0.39 is 5.54 Å². The number of para-hydroxylation sites is 1. The molecular formula is C16H22N2O3. The first-order chi connectivity index (χ1) is 10.1. The molecule has 21 heavy (non-hydrogen) atoms. The zero-order valence-electron chi connectivity index (χ0n) is 12.6. The third-order valence-corrected chi connectivity index (χ3v) is 3.87. The Morgan fingerprint density at radius 1 is 1.43 bits per heavy atom. The molecule has 0 spiro atoms. The number of nitriles is 1. The van der Waals surface area contributed by atoms with Crippen LogP contribution in [-0.2, 0) is 11.2 Å². The van der Waals surface area contributed by atoms with Gasteiger partial charge in [0.1, 0.15) is 5.54 Å². The number of hydrogen-bond acceptors (Lipinski definition) is 5. The summed E-state index contributed by atoms with van der Waals surface area (Å²) >= 11 is 0. The number of phenolic OH excluding ortho intramolecular Hbond substituents is 1. The van der Waals surface area contributed by atoms with Crippen molar-refractivity contribution in [1.82, 2.24) is 4.90 Å². The lowest BCUT2D eigenvalue weighted by atomic mass is 9.91. The average molecular weight is 290 g/mol. The van der Waals surface area contributed by atoms with Crippen LogP contribution < -0.4 is 4.74 Å². The molecule has 0 aromatic heterocycles. The lowest BCUT2D eigenvalue weighted by Gasteiger charge is -2.38. The number of rotatable bonds is 5. The summed E-state index contributed by atoms with van der Waals surface area (Å²) in [6, 6.07) is 7.82. The van der Waals surface area contributed by atoms with E-state index in [1.807, 2.05) is 26.0 Å². The van der Waals surface area contributed by atoms with Crippen LogP contribution in [0.3, 0.4) is 0 Å². The van der Waals surface area contributed by atoms with Gasteiger partial charge in [0.05, 0.1) is 25.9 Å². The van der Waals surface area contributed by atoms with Crippen LogP contribution in [0.2, 0.25) is 0 Å². The molecule has 1 fully saturated rings. The third kappa shape index (κ3) is 3.46. The monoisotopic (exact) mass is 290 g/mol. The second-order valence-electron chi connectivity index (χ2n) is 5.36. The maximum absolute atomic E-state index is 10.3. The predicted molar refractivity (Wildman–Crippen MR) is 79.4 cm³/mol. The van der Waals surface area contributed by atoms with Gasteiger partial charge < -0.3 is 14.6 Å². The molecule has 1 heterocycles. The number of ether oxygens (including phenoxy) is 2. The molecular weight excluding hydrogens is 268 g/mol. The molecule has 1 aliphatic heterocycles. The molecule has 114 valence electrons. The molecule has 2 rings (SSSR count). The smallest absolute Gasteiger partial charge is 0.161 e. The molecule has 0 aliphatic carbocycles. The zero-order chi connectivity index (χ0) is 15.3. The second kappa shape index (κ2) is 6.79. The van der Waals surface area contributed by atoms with Gasteiger partial charge >= 0.3 is 0 Å². The third-order valence-electron chi connectivity index (χ3n) is 3.87. The normalized spacial score (nSPS) is 18.7. The van der Waals surface area contributed by atoms with Gasteiger partial charge in [-0.25, -0.2) is 0 Å². The Kier molecular flexibility index (Phi) is 5.05. The first-order valence-electron chi connectivity index (χ1n) is 7.28. The zero-order valence-corrected chi connectivity index (χ0v) is 12.6. The fraction of sp³-hybridized carbons (Fsp3) is 0.562. The lowest BCUT2D eigenvalue weighted by molar-refractivity contribution is 0.00175. The highest BCUT2D eigenvalue weighted by atomic mass is 16.5. The largest absolute Gasteiger partial charge is 0.504 e. The van der Waals surface area contributed by atoms with Crippen LogP contribution in [0, 0.1) is 11.3 Å². The maximum Gasteiger partial charge on any atom is 0.161 e. The van der Waals surface area contributed by atoms with Gasteiger partial charge in [-0.15, -0.1) is 0 Å². The van der Waals surface area contributed by atoms with Gasteiger partial charge in [0, 0.05) is 25.1 Å². The molecule has 1 unspecified atom stereocenters. The number of phenols is 1. The molecule has 1 N–H and O–H groups in total. The van der Waals surface area contributed by atoms with Crippen molar-refractivity contribution in [2.24, 2.45) is 0 Å². The van der Waals surface area contributed by atoms with E-state index in [1.165, 1.54) is 0 Å². The summed E-state index contributed by atoms with van der Waals surface area (Å²) in [6.07, 6.45) is 0.455. The summed E-state index contributed by atoms with van der Waals surface area (Å²) in [6.45, 7) is 7.02. The molecule has 1 atom stereocenters. The first-order valence-corrected chi connectivity index (χ1v) is 7.28. The Bertz CT molecular complexity index is 521. The van der Waals surface area contributed by atoms with Crippen molar-refractivity contribution < 1.29 is 14.6 Å². The topological polar surface area (TPSA) is 65.7 Å². The summed E-state index contributed by atoms with van der Waals surface area (Å²) in [5.41, 5.74) is 0.0722. The molecule has 0 radical (unpaired) electrons. The van der Waals surface area contributed by atoms with Crippen molar-refractivity contribution in [1.29, 1.82) is 5.26 Å². The Balaban J connectivity index is 2.22. The molecule has 5 nitrogen and oxygen atoms in total. The molecule has 0 bridgehead atoms. The highest BCUT2D eigenvalue weighted by molar-refractivity contribution is 5.46. The standard InChI is InChI=1S/C16H22N2O3/c1-3-21-14-6-4-5-13(15(14)19)11-16(2,12-17)18-7-9-20-10-8-18/h4-6,19H,3,7-11H2,1-2H3. The average Bonchev–Trinajstić information content (AvgIpc) is 2.52. The van der Waals surface area contributed by atoms with Crippen LogP contribution in [-0.4, -0.2) is 48.5 Å². The van der Waals surface area contributed by atoms with Gasteiger partial charge in [0.15, 0.2) is 11.5 Å². The fourth-order valence-electron chi connectivity index (χ4n) is 2.63. The van der Waals surface area contributed by atoms with Crippen LogP contribution >= 0.6 is 0 Å². The van der Waals surface area contributed by atoms with E-state index in [-0.39, 0.29) is 5.75 Å². The van der Waals surface area contributed by atoms with Crippen LogP contribution in [0.5, 0.6) is 11.5 Å². The molecule has 0 saturated carbocycles. The number of nitrogens with zero attached hydrogens (tertiary/aromatic N) is 2. The lowest BCUT2D eigenvalue weighted by Crippen LogP contribution is -2.52. The van der Waals surface area contributed by atoms with Crippen molar-refractivity contribution >= 4 is 0 Å². The van der Waals surface area contributed by atoms with Crippen molar-refractivity contribution in [3.05, 3.63) is 23.8 Å². The SMILES string of the molecule is CCOc1cccc(CC(C)(C#N)N2CCOCC2)c1O. The number of benzene rings is 1. The number of morpholine rings is 1. The van der Waals surface area contributed by atoms with Crippen molar-refractivity contribution in [2.75, 3.05) is 32.9 Å². The Hall–Kier alpha value is -1.77. The van der Waals surface area contributed by atoms with E-state index in [1.54, 1.807) is 6.07 Å². The minimum atomic E-state index is -0.661. The Morgan fingerprint density at radius 3 is 2.76 bits per heavy atom. The van der Waals surface area contributed by atoms with Crippen LogP contribution in [0.1, 0.15) is 19.4 Å². The fourth-order valence-corrected chi connectivity index (χ4v) is 2.63. The summed E-state index contributed by atoms with van der Waals surface area (Å²) in [5.74, 6) is 0.603. The number of hydrogen-bond donors (Lipinski definition) is 1. The van der Waals surface area contributed by atoms with Gasteiger partial charge in [0.2, 0.25) is 0 Å². The van der Waals surface area contributed by atoms with Gasteiger partial charge in [-0.1, -0.05) is 12.1 Å². The summed E-state index contributed by atoms with van der Waals surface area (Å²) in [4.78, 5) is 2.11. The first kappa shape index (κ1) is 15.6. The van der Waals surface area contributed by atoms with E-state index in [4.69, 9.17) is 9.47 Å². The molecule has 1 aliphatic rings. The van der Waals surface area contributed by atoms with E-state index in [2.05, 4.69) is 11.0 Å². The van der Waals surface area contributed by atoms with Crippen molar-refractivity contribution in [3.63, 3.8) is 0 Å². The van der Waals surface area contributed by atoms with Gasteiger partial charge in [-0.05, 0) is 19.9 Å². The molecule has 1 aromatic carbocycles. The van der Waals surface area contributed by atoms with Crippen LogP contribution in [0.4, 0.5) is 0 Å². The highest BCUT2D eigenvalue weighted by Gasteiger charge is 2.34. The maximum atomic E-state index is 10.3. The highest BCUT2D eigenvalue weighted by Crippen LogP contribution is 2.33. The minimum Gasteiger partial charge on any atom is -0.504 e. The Labute approximate surface area is 125 Å². The van der Waals surface area contributed by atoms with Gasteiger partial charge in [-0.2, -0.15) is 5.26 Å². The molecule has 0 amide bonds. The van der Waals surface area contributed by atoms with Crippen LogP contribution in [0.25, 0.3) is 0 Å². The van der Waals surface area contributed by atoms with E-state index in [0.29, 0.717) is 32.0 Å². The molecule has 1 saturated heterocycles. The molecule has 1 aromatic rings. The second-order valence-corrected chi connectivity index (χ2v) is 5.36. The van der Waals surface area contributed by atoms with Crippen LogP contribution in [0.15, 0.2) is 18.2 Å². The van der Waals surface area contributed by atoms with Crippen molar-refractivity contribution in [2.45, 2.75) is 25.8 Å². The van der Waals surface area contributed by atoms with E-state index >= 15 is 0 Å². The van der Waals surface area contributed by atoms with Gasteiger partial charge in [0.25, 0.3) is 0 Å². The molecule has 5 heteroatoms. The van der Waals surface area contributed by atoms with E-state index in [0.717, 1.165) is 18.7 Å². The number of aromatic hydroxyl groups is 1. The quantitative estimate of drug-likeness (QED) is 0.898. The Morgan fingerprint density at radius 2 is 2.14 bits per heavy atom. The predicted octanol–water partition coefficient (Wildman–Crippen LogP) is 1.95. The van der Waals surface area contributed by atoms with Crippen molar-refractivity contribution in [3.8, 4) is 17.6 Å². The summed E-state index contributed by atoms with van der Waals surface area (Å²) < 4.78 is 10.7. The van der Waals surface area contributed by atoms with Gasteiger partial charge in [-0.3, -0.25) is 4.90 Å². The van der Waals surface area contributed by atoms with E-state index in [9.17, 15) is 10.4 Å². The summed E-state index contributed by atoms with van der Waals surface area (Å²) in [7, 11) is 0. The summed E-state index contributed by atoms with van der Waals surface area (Å²) in [5, 5.41) is 19.9.